The Labute approximate surface area is 118 Å². The smallest absolute Gasteiger partial charge is 0.289 e. The van der Waals surface area contributed by atoms with Gasteiger partial charge in [-0.25, -0.2) is 14.7 Å². The number of H-pyrrole nitrogens is 1. The summed E-state index contributed by atoms with van der Waals surface area (Å²) >= 11 is 0. The van der Waals surface area contributed by atoms with E-state index in [2.05, 4.69) is 9.98 Å². The number of imidazole rings is 1. The summed E-state index contributed by atoms with van der Waals surface area (Å²) in [4.78, 5) is 32.0. The number of aromatic nitrogens is 3. The molecule has 1 amide bonds. The van der Waals surface area contributed by atoms with Crippen LogP contribution in [-0.4, -0.2) is 33.4 Å². The zero-order chi connectivity index (χ0) is 14.4. The number of nitrogens with one attached hydrogen (secondary N) is 1. The molecular formula is C13H13N5O3. The second-order valence-corrected chi connectivity index (χ2v) is 4.86. The van der Waals surface area contributed by atoms with E-state index < -0.39 is 0 Å². The molecular weight excluding hydrogens is 274 g/mol. The van der Waals surface area contributed by atoms with E-state index in [-0.39, 0.29) is 24.9 Å². The van der Waals surface area contributed by atoms with Crippen molar-refractivity contribution in [3.63, 3.8) is 0 Å². The molecule has 0 unspecified atom stereocenters. The lowest BCUT2D eigenvalue weighted by molar-refractivity contribution is 0.0579. The monoisotopic (exact) mass is 287 g/mol. The number of amides is 1. The van der Waals surface area contributed by atoms with E-state index in [1.165, 1.54) is 4.57 Å². The molecule has 2 aromatic rings. The van der Waals surface area contributed by atoms with E-state index in [0.29, 0.717) is 29.6 Å². The maximum Gasteiger partial charge on any atom is 0.289 e. The van der Waals surface area contributed by atoms with Crippen molar-refractivity contribution in [1.82, 2.24) is 14.2 Å². The van der Waals surface area contributed by atoms with Crippen LogP contribution in [0.3, 0.4) is 0 Å². The molecule has 0 aromatic carbocycles. The largest absolute Gasteiger partial charge is 0.357 e. The number of hydrogen-bond donors (Lipinski definition) is 1. The molecule has 8 heteroatoms. The van der Waals surface area contributed by atoms with Gasteiger partial charge >= 0.3 is 0 Å². The molecule has 2 aliphatic rings. The van der Waals surface area contributed by atoms with Crippen LogP contribution in [0.1, 0.15) is 16.9 Å². The Morgan fingerprint density at radius 2 is 2.33 bits per heavy atom. The highest BCUT2D eigenvalue weighted by molar-refractivity contribution is 6.00. The van der Waals surface area contributed by atoms with Gasteiger partial charge < -0.3 is 9.72 Å². The van der Waals surface area contributed by atoms with E-state index >= 15 is 0 Å². The first kappa shape index (κ1) is 12.2. The highest BCUT2D eigenvalue weighted by atomic mass is 16.5. The molecule has 0 saturated heterocycles. The molecule has 21 heavy (non-hydrogen) atoms. The van der Waals surface area contributed by atoms with Crippen LogP contribution in [0, 0.1) is 0 Å². The molecule has 4 heterocycles. The van der Waals surface area contributed by atoms with Crippen LogP contribution in [0.2, 0.25) is 0 Å². The second-order valence-electron chi connectivity index (χ2n) is 4.86. The Kier molecular flexibility index (Phi) is 2.58. The number of nitrogens with zero attached hydrogens (tertiary/aromatic N) is 4. The van der Waals surface area contributed by atoms with Crippen molar-refractivity contribution in [3.8, 4) is 0 Å². The van der Waals surface area contributed by atoms with Gasteiger partial charge in [0, 0.05) is 12.7 Å². The topological polar surface area (TPSA) is 84.6 Å². The van der Waals surface area contributed by atoms with Crippen molar-refractivity contribution in [2.75, 3.05) is 18.3 Å². The van der Waals surface area contributed by atoms with Gasteiger partial charge in [-0.1, -0.05) is 6.08 Å². The lowest BCUT2D eigenvalue weighted by Gasteiger charge is -2.25. The molecule has 0 radical (unpaired) electrons. The third-order valence-electron chi connectivity index (χ3n) is 3.62. The van der Waals surface area contributed by atoms with Crippen LogP contribution in [0.15, 0.2) is 28.1 Å². The molecule has 0 aliphatic carbocycles. The summed E-state index contributed by atoms with van der Waals surface area (Å²) in [6, 6.07) is 3.48. The fraction of sp³-hybridized carbons (Fsp3) is 0.308. The van der Waals surface area contributed by atoms with Gasteiger partial charge in [0.05, 0.1) is 0 Å². The number of rotatable bonds is 1. The summed E-state index contributed by atoms with van der Waals surface area (Å²) in [6.07, 6.45) is 4.16. The fourth-order valence-corrected chi connectivity index (χ4v) is 2.68. The molecule has 1 N–H and O–H groups in total. The zero-order valence-corrected chi connectivity index (χ0v) is 11.2. The van der Waals surface area contributed by atoms with Gasteiger partial charge in [0.25, 0.3) is 11.5 Å². The van der Waals surface area contributed by atoms with Gasteiger partial charge in [-0.15, -0.1) is 0 Å². The first-order chi connectivity index (χ1) is 10.3. The Bertz CT molecular complexity index is 874. The SMILES string of the molecule is O=C(c1ccc[nH]1)N1CCC=c2c(=O)n3c(n21)=NCOC3. The normalized spacial score (nSPS) is 16.7. The van der Waals surface area contributed by atoms with Crippen molar-refractivity contribution in [3.05, 3.63) is 45.3 Å². The summed E-state index contributed by atoms with van der Waals surface area (Å²) in [5.41, 5.74) is 0.754. The molecule has 8 nitrogen and oxygen atoms in total. The molecule has 0 fully saturated rings. The fourth-order valence-electron chi connectivity index (χ4n) is 2.68. The molecule has 0 spiro atoms. The van der Waals surface area contributed by atoms with Gasteiger partial charge in [0.1, 0.15) is 24.5 Å². The minimum absolute atomic E-state index is 0.163. The van der Waals surface area contributed by atoms with Crippen LogP contribution in [0.25, 0.3) is 6.08 Å². The minimum atomic E-state index is -0.186. The van der Waals surface area contributed by atoms with Crippen LogP contribution in [-0.2, 0) is 11.5 Å². The molecule has 2 aliphatic heterocycles. The van der Waals surface area contributed by atoms with E-state index in [9.17, 15) is 9.59 Å². The van der Waals surface area contributed by atoms with Crippen LogP contribution >= 0.6 is 0 Å². The van der Waals surface area contributed by atoms with Gasteiger partial charge in [-0.05, 0) is 18.6 Å². The van der Waals surface area contributed by atoms with E-state index in [1.54, 1.807) is 28.0 Å². The van der Waals surface area contributed by atoms with Gasteiger partial charge in [0.15, 0.2) is 0 Å². The molecule has 0 saturated carbocycles. The van der Waals surface area contributed by atoms with E-state index in [0.717, 1.165) is 0 Å². The van der Waals surface area contributed by atoms with E-state index in [4.69, 9.17) is 4.74 Å². The number of aromatic amines is 1. The minimum Gasteiger partial charge on any atom is -0.357 e. The lowest BCUT2D eigenvalue weighted by atomic mass is 10.3. The van der Waals surface area contributed by atoms with Crippen molar-refractivity contribution < 1.29 is 9.53 Å². The number of hydrogen-bond acceptors (Lipinski definition) is 4. The quantitative estimate of drug-likeness (QED) is 0.693. The summed E-state index contributed by atoms with van der Waals surface area (Å²) in [6.45, 7) is 0.853. The number of ether oxygens (including phenoxy) is 1. The molecule has 0 atom stereocenters. The van der Waals surface area contributed by atoms with E-state index in [1.807, 2.05) is 6.08 Å². The zero-order valence-electron chi connectivity index (χ0n) is 11.2. The maximum atomic E-state index is 12.6. The predicted octanol–water partition coefficient (Wildman–Crippen LogP) is -1.49. The van der Waals surface area contributed by atoms with Crippen molar-refractivity contribution in [2.45, 2.75) is 13.2 Å². The molecule has 4 rings (SSSR count). The number of carbonyl (C=O) groups excluding carboxylic acids is 1. The van der Waals surface area contributed by atoms with Gasteiger partial charge in [-0.2, -0.15) is 0 Å². The Morgan fingerprint density at radius 1 is 1.43 bits per heavy atom. The first-order valence-corrected chi connectivity index (χ1v) is 6.67. The Morgan fingerprint density at radius 3 is 3.14 bits per heavy atom. The lowest BCUT2D eigenvalue weighted by Crippen LogP contribution is -2.54. The average Bonchev–Trinajstić information content (AvgIpc) is 3.15. The molecule has 108 valence electrons. The van der Waals surface area contributed by atoms with Gasteiger partial charge in [0.2, 0.25) is 5.62 Å². The molecule has 0 bridgehead atoms. The average molecular weight is 287 g/mol. The number of carbonyl (C=O) groups is 1. The summed E-state index contributed by atoms with van der Waals surface area (Å²) < 4.78 is 8.22. The third-order valence-corrected chi connectivity index (χ3v) is 3.62. The first-order valence-electron chi connectivity index (χ1n) is 6.67. The highest BCUT2D eigenvalue weighted by Crippen LogP contribution is 2.03. The summed E-state index contributed by atoms with van der Waals surface area (Å²) in [7, 11) is 0. The molecule has 2 aromatic heterocycles. The highest BCUT2D eigenvalue weighted by Gasteiger charge is 2.26. The summed E-state index contributed by atoms with van der Waals surface area (Å²) in [5, 5.41) is 2.01. The van der Waals surface area contributed by atoms with Crippen molar-refractivity contribution in [2.24, 2.45) is 4.99 Å². The second kappa shape index (κ2) is 4.45. The maximum absolute atomic E-state index is 12.6. The third kappa shape index (κ3) is 1.69. The standard InChI is InChI=1S/C13H13N5O3/c19-11(9-3-1-5-14-9)17-6-2-4-10-12(20)16-8-21-7-15-13(16)18(10)17/h1,3-5,14H,2,6-8H2. The Balaban J connectivity index is 1.94. The predicted molar refractivity (Wildman–Crippen MR) is 72.7 cm³/mol. The van der Waals surface area contributed by atoms with Crippen LogP contribution in [0.4, 0.5) is 0 Å². The van der Waals surface area contributed by atoms with Crippen LogP contribution < -0.4 is 21.5 Å². The van der Waals surface area contributed by atoms with Crippen LogP contribution in [0.5, 0.6) is 0 Å². The summed E-state index contributed by atoms with van der Waals surface area (Å²) in [5.74, 6) is -0.186. The van der Waals surface area contributed by atoms with Crippen molar-refractivity contribution >= 4 is 12.0 Å². The number of fused-ring (bicyclic) bond motifs is 3. The Hall–Kier alpha value is -2.61. The van der Waals surface area contributed by atoms with Gasteiger partial charge in [-0.3, -0.25) is 14.2 Å². The van der Waals surface area contributed by atoms with Crippen molar-refractivity contribution in [1.29, 1.82) is 0 Å².